The Morgan fingerprint density at radius 3 is 2.17 bits per heavy atom. The van der Waals surface area contributed by atoms with Crippen molar-refractivity contribution < 1.29 is 4.79 Å². The first-order valence-corrected chi connectivity index (χ1v) is 3.95. The highest BCUT2D eigenvalue weighted by atomic mass is 16.1. The summed E-state index contributed by atoms with van der Waals surface area (Å²) in [5, 5.41) is 0. The van der Waals surface area contributed by atoms with Gasteiger partial charge in [-0.25, -0.2) is 0 Å². The number of nitrogens with two attached hydrogens (primary N) is 1. The summed E-state index contributed by atoms with van der Waals surface area (Å²) >= 11 is 0. The molecule has 0 aliphatic rings. The van der Waals surface area contributed by atoms with Crippen molar-refractivity contribution in [2.75, 3.05) is 6.54 Å². The Hall–Kier alpha value is -1.15. The summed E-state index contributed by atoms with van der Waals surface area (Å²) < 4.78 is 0. The fraction of sp³-hybridized carbons (Fsp3) is 0.300. The van der Waals surface area contributed by atoms with Gasteiger partial charge in [0.1, 0.15) is 0 Å². The highest BCUT2D eigenvalue weighted by molar-refractivity contribution is 5.97. The molecule has 0 aliphatic carbocycles. The maximum atomic E-state index is 11.2. The van der Waals surface area contributed by atoms with Crippen molar-refractivity contribution in [3.8, 4) is 0 Å². The zero-order valence-electron chi connectivity index (χ0n) is 7.42. The first-order valence-electron chi connectivity index (χ1n) is 3.95. The van der Waals surface area contributed by atoms with Crippen molar-refractivity contribution >= 4 is 5.78 Å². The van der Waals surface area contributed by atoms with Gasteiger partial charge in [0.05, 0.1) is 6.54 Å². The molecule has 2 heteroatoms. The Kier molecular flexibility index (Phi) is 2.61. The average molecular weight is 163 g/mol. The molecule has 64 valence electrons. The normalized spacial score (nSPS) is 9.92. The maximum absolute atomic E-state index is 11.2. The molecule has 2 nitrogen and oxygen atoms in total. The zero-order valence-corrected chi connectivity index (χ0v) is 7.42. The minimum absolute atomic E-state index is 0.00167. The summed E-state index contributed by atoms with van der Waals surface area (Å²) in [7, 11) is 0. The standard InChI is InChI=1S/C10H13NO/c1-7-3-8(2)5-9(4-7)10(12)6-11/h3-5H,6,11H2,1-2H3. The van der Waals surface area contributed by atoms with Crippen LogP contribution in [0.2, 0.25) is 0 Å². The molecule has 1 rings (SSSR count). The van der Waals surface area contributed by atoms with Crippen LogP contribution < -0.4 is 5.73 Å². The van der Waals surface area contributed by atoms with Gasteiger partial charge in [0.15, 0.2) is 5.78 Å². The maximum Gasteiger partial charge on any atom is 0.176 e. The summed E-state index contributed by atoms with van der Waals surface area (Å²) in [6, 6.07) is 5.76. The van der Waals surface area contributed by atoms with E-state index in [0.29, 0.717) is 0 Å². The Bertz CT molecular complexity index is 284. The largest absolute Gasteiger partial charge is 0.324 e. The summed E-state index contributed by atoms with van der Waals surface area (Å²) in [6.45, 7) is 4.03. The van der Waals surface area contributed by atoms with Crippen LogP contribution in [0.5, 0.6) is 0 Å². The quantitative estimate of drug-likeness (QED) is 0.670. The van der Waals surface area contributed by atoms with E-state index in [0.717, 1.165) is 16.7 Å². The van der Waals surface area contributed by atoms with Crippen LogP contribution in [0.15, 0.2) is 18.2 Å². The van der Waals surface area contributed by atoms with Crippen LogP contribution in [-0.2, 0) is 0 Å². The summed E-state index contributed by atoms with van der Waals surface area (Å²) in [5.74, 6) is 0.00167. The molecule has 0 saturated carbocycles. The van der Waals surface area contributed by atoms with Gasteiger partial charge in [-0.15, -0.1) is 0 Å². The van der Waals surface area contributed by atoms with Crippen molar-refractivity contribution in [1.29, 1.82) is 0 Å². The van der Waals surface area contributed by atoms with Gasteiger partial charge in [-0.2, -0.15) is 0 Å². The molecule has 12 heavy (non-hydrogen) atoms. The second-order valence-corrected chi connectivity index (χ2v) is 3.00. The lowest BCUT2D eigenvalue weighted by molar-refractivity contribution is 0.100. The number of carbonyl (C=O) groups excluding carboxylic acids is 1. The molecule has 0 spiro atoms. The average Bonchev–Trinajstić information content (AvgIpc) is 2.01. The third-order valence-electron chi connectivity index (χ3n) is 1.73. The molecule has 0 atom stereocenters. The highest BCUT2D eigenvalue weighted by Gasteiger charge is 2.03. The molecule has 0 aliphatic heterocycles. The number of rotatable bonds is 2. The van der Waals surface area contributed by atoms with Crippen LogP contribution in [0.3, 0.4) is 0 Å². The zero-order chi connectivity index (χ0) is 9.14. The molecule has 0 heterocycles. The van der Waals surface area contributed by atoms with Gasteiger partial charge < -0.3 is 5.73 Å². The monoisotopic (exact) mass is 163 g/mol. The third kappa shape index (κ3) is 1.92. The van der Waals surface area contributed by atoms with Crippen LogP contribution >= 0.6 is 0 Å². The number of carbonyl (C=O) groups is 1. The number of ketones is 1. The Labute approximate surface area is 72.4 Å². The molecular formula is C10H13NO. The highest BCUT2D eigenvalue weighted by Crippen LogP contribution is 2.08. The first-order chi connectivity index (χ1) is 5.63. The van der Waals surface area contributed by atoms with Crippen LogP contribution in [0.1, 0.15) is 21.5 Å². The number of hydrogen-bond acceptors (Lipinski definition) is 2. The summed E-state index contributed by atoms with van der Waals surface area (Å²) in [5.41, 5.74) is 8.18. The number of aryl methyl sites for hydroxylation is 2. The van der Waals surface area contributed by atoms with Gasteiger partial charge in [0.25, 0.3) is 0 Å². The molecule has 0 saturated heterocycles. The van der Waals surface area contributed by atoms with E-state index in [1.165, 1.54) is 0 Å². The van der Waals surface area contributed by atoms with E-state index < -0.39 is 0 Å². The van der Waals surface area contributed by atoms with Crippen LogP contribution in [0.4, 0.5) is 0 Å². The molecule has 2 N–H and O–H groups in total. The van der Waals surface area contributed by atoms with Crippen LogP contribution in [0.25, 0.3) is 0 Å². The van der Waals surface area contributed by atoms with E-state index >= 15 is 0 Å². The molecule has 0 aromatic heterocycles. The fourth-order valence-corrected chi connectivity index (χ4v) is 1.25. The van der Waals surface area contributed by atoms with Crippen LogP contribution in [0, 0.1) is 13.8 Å². The van der Waals surface area contributed by atoms with Crippen LogP contribution in [-0.4, -0.2) is 12.3 Å². The molecular weight excluding hydrogens is 150 g/mol. The van der Waals surface area contributed by atoms with E-state index in [4.69, 9.17) is 5.73 Å². The molecule has 0 radical (unpaired) electrons. The molecule has 0 amide bonds. The van der Waals surface area contributed by atoms with E-state index in [1.54, 1.807) is 0 Å². The predicted octanol–water partition coefficient (Wildman–Crippen LogP) is 1.44. The SMILES string of the molecule is Cc1cc(C)cc(C(=O)CN)c1. The molecule has 0 unspecified atom stereocenters. The Morgan fingerprint density at radius 2 is 1.75 bits per heavy atom. The topological polar surface area (TPSA) is 43.1 Å². The first kappa shape index (κ1) is 8.94. The van der Waals surface area contributed by atoms with Gasteiger partial charge in [-0.3, -0.25) is 4.79 Å². The van der Waals surface area contributed by atoms with E-state index in [1.807, 2.05) is 32.0 Å². The van der Waals surface area contributed by atoms with E-state index in [-0.39, 0.29) is 12.3 Å². The van der Waals surface area contributed by atoms with Gasteiger partial charge in [0.2, 0.25) is 0 Å². The lowest BCUT2D eigenvalue weighted by Gasteiger charge is -2.01. The summed E-state index contributed by atoms with van der Waals surface area (Å²) in [4.78, 5) is 11.2. The predicted molar refractivity (Wildman–Crippen MR) is 49.3 cm³/mol. The number of hydrogen-bond donors (Lipinski definition) is 1. The van der Waals surface area contributed by atoms with Crippen molar-refractivity contribution in [2.24, 2.45) is 5.73 Å². The second kappa shape index (κ2) is 3.50. The van der Waals surface area contributed by atoms with Crippen molar-refractivity contribution in [2.45, 2.75) is 13.8 Å². The van der Waals surface area contributed by atoms with E-state index in [9.17, 15) is 4.79 Å². The molecule has 0 bridgehead atoms. The van der Waals surface area contributed by atoms with Gasteiger partial charge in [-0.1, -0.05) is 17.2 Å². The third-order valence-corrected chi connectivity index (χ3v) is 1.73. The fourth-order valence-electron chi connectivity index (χ4n) is 1.25. The Morgan fingerprint density at radius 1 is 1.25 bits per heavy atom. The van der Waals surface area contributed by atoms with Crippen molar-refractivity contribution in [1.82, 2.24) is 0 Å². The number of benzene rings is 1. The van der Waals surface area contributed by atoms with Gasteiger partial charge in [0, 0.05) is 5.56 Å². The van der Waals surface area contributed by atoms with Crippen molar-refractivity contribution in [3.63, 3.8) is 0 Å². The molecule has 1 aromatic carbocycles. The number of Topliss-reactive ketones (excluding diaryl/α,β-unsaturated/α-hetero) is 1. The van der Waals surface area contributed by atoms with Crippen molar-refractivity contribution in [3.05, 3.63) is 34.9 Å². The van der Waals surface area contributed by atoms with Gasteiger partial charge >= 0.3 is 0 Å². The molecule has 0 fully saturated rings. The second-order valence-electron chi connectivity index (χ2n) is 3.00. The Balaban J connectivity index is 3.08. The summed E-state index contributed by atoms with van der Waals surface area (Å²) in [6.07, 6.45) is 0. The smallest absolute Gasteiger partial charge is 0.176 e. The molecule has 1 aromatic rings. The lowest BCUT2D eigenvalue weighted by Crippen LogP contribution is -2.13. The minimum atomic E-state index is 0.00167. The minimum Gasteiger partial charge on any atom is -0.324 e. The van der Waals surface area contributed by atoms with Gasteiger partial charge in [-0.05, 0) is 26.0 Å². The van der Waals surface area contributed by atoms with E-state index in [2.05, 4.69) is 0 Å². The lowest BCUT2D eigenvalue weighted by atomic mass is 10.0.